The van der Waals surface area contributed by atoms with Crippen LogP contribution in [-0.2, 0) is 0 Å². The zero-order chi connectivity index (χ0) is 9.42. The lowest BCUT2D eigenvalue weighted by Crippen LogP contribution is -1.85. The molecule has 2 aromatic carbocycles. The van der Waals surface area contributed by atoms with Gasteiger partial charge < -0.3 is 0 Å². The van der Waals surface area contributed by atoms with E-state index in [1.807, 2.05) is 13.0 Å². The largest absolute Gasteiger partial charge is 0.207 e. The first-order chi connectivity index (χ1) is 6.18. The summed E-state index contributed by atoms with van der Waals surface area (Å²) in [6.45, 7) is 1.83. The third-order valence-corrected chi connectivity index (χ3v) is 2.13. The first-order valence-electron chi connectivity index (χ1n) is 4.03. The van der Waals surface area contributed by atoms with Crippen LogP contribution in [-0.4, -0.2) is 0 Å². The van der Waals surface area contributed by atoms with Crippen molar-refractivity contribution >= 4 is 10.8 Å². The van der Waals surface area contributed by atoms with Crippen LogP contribution in [0.25, 0.3) is 10.8 Å². The van der Waals surface area contributed by atoms with Gasteiger partial charge in [-0.2, -0.15) is 0 Å². The highest BCUT2D eigenvalue weighted by Crippen LogP contribution is 2.22. The minimum absolute atomic E-state index is 0.474. The minimum Gasteiger partial charge on any atom is -0.207 e. The van der Waals surface area contributed by atoms with Crippen LogP contribution in [0, 0.1) is 18.6 Å². The van der Waals surface area contributed by atoms with Crippen LogP contribution in [0.2, 0.25) is 0 Å². The molecule has 0 aromatic heterocycles. The number of benzene rings is 2. The molecule has 0 aliphatic heterocycles. The Morgan fingerprint density at radius 3 is 2.54 bits per heavy atom. The van der Waals surface area contributed by atoms with Gasteiger partial charge in [-0.15, -0.1) is 0 Å². The Morgan fingerprint density at radius 2 is 1.77 bits per heavy atom. The molecule has 13 heavy (non-hydrogen) atoms. The van der Waals surface area contributed by atoms with Crippen LogP contribution < -0.4 is 0 Å². The van der Waals surface area contributed by atoms with E-state index in [4.69, 9.17) is 0 Å². The maximum atomic E-state index is 13.2. The van der Waals surface area contributed by atoms with Crippen molar-refractivity contribution in [1.29, 1.82) is 0 Å². The fraction of sp³-hybridized carbons (Fsp3) is 0.0909. The molecule has 0 spiro atoms. The monoisotopic (exact) mass is 178 g/mol. The Hall–Kier alpha value is -1.44. The summed E-state index contributed by atoms with van der Waals surface area (Å²) in [5.74, 6) is -1.03. The summed E-state index contributed by atoms with van der Waals surface area (Å²) >= 11 is 0. The van der Waals surface area contributed by atoms with Crippen molar-refractivity contribution in [2.24, 2.45) is 0 Å². The van der Waals surface area contributed by atoms with Crippen molar-refractivity contribution < 1.29 is 8.78 Å². The van der Waals surface area contributed by atoms with Gasteiger partial charge in [0.15, 0.2) is 0 Å². The molecule has 66 valence electrons. The van der Waals surface area contributed by atoms with Gasteiger partial charge in [0, 0.05) is 11.5 Å². The van der Waals surface area contributed by atoms with E-state index in [0.717, 1.165) is 11.6 Å². The third-order valence-electron chi connectivity index (χ3n) is 2.13. The molecule has 0 saturated heterocycles. The predicted octanol–water partition coefficient (Wildman–Crippen LogP) is 3.43. The van der Waals surface area contributed by atoms with Gasteiger partial charge in [0.25, 0.3) is 0 Å². The van der Waals surface area contributed by atoms with Crippen LogP contribution in [0.5, 0.6) is 0 Å². The Kier molecular flexibility index (Phi) is 1.76. The van der Waals surface area contributed by atoms with Gasteiger partial charge in [-0.1, -0.05) is 18.2 Å². The molecule has 0 heterocycles. The molecule has 0 atom stereocenters. The van der Waals surface area contributed by atoms with E-state index in [1.54, 1.807) is 12.1 Å². The van der Waals surface area contributed by atoms with Crippen molar-refractivity contribution in [2.45, 2.75) is 6.92 Å². The quantitative estimate of drug-likeness (QED) is 0.579. The fourth-order valence-corrected chi connectivity index (χ4v) is 1.46. The van der Waals surface area contributed by atoms with Gasteiger partial charge in [0.1, 0.15) is 11.6 Å². The normalized spacial score (nSPS) is 10.7. The summed E-state index contributed by atoms with van der Waals surface area (Å²) in [5.41, 5.74) is 0.885. The van der Waals surface area contributed by atoms with E-state index >= 15 is 0 Å². The number of rotatable bonds is 0. The first kappa shape index (κ1) is 8.17. The molecule has 0 unspecified atom stereocenters. The highest BCUT2D eigenvalue weighted by molar-refractivity contribution is 5.86. The van der Waals surface area contributed by atoms with Gasteiger partial charge in [0.05, 0.1) is 0 Å². The molecule has 2 rings (SSSR count). The zero-order valence-electron chi connectivity index (χ0n) is 7.14. The first-order valence-corrected chi connectivity index (χ1v) is 4.03. The average Bonchev–Trinajstić information content (AvgIpc) is 2.07. The second-order valence-electron chi connectivity index (χ2n) is 3.06. The molecule has 0 aliphatic carbocycles. The zero-order valence-corrected chi connectivity index (χ0v) is 7.14. The predicted molar refractivity (Wildman–Crippen MR) is 48.6 cm³/mol. The Morgan fingerprint density at radius 1 is 1.00 bits per heavy atom. The van der Waals surface area contributed by atoms with Crippen molar-refractivity contribution in [3.8, 4) is 0 Å². The number of fused-ring (bicyclic) bond motifs is 1. The van der Waals surface area contributed by atoms with E-state index in [9.17, 15) is 8.78 Å². The van der Waals surface area contributed by atoms with E-state index in [1.165, 1.54) is 6.07 Å². The summed E-state index contributed by atoms with van der Waals surface area (Å²) in [7, 11) is 0. The molecule has 0 saturated carbocycles. The van der Waals surface area contributed by atoms with Gasteiger partial charge in [-0.25, -0.2) is 8.78 Å². The molecular formula is C11H8F2. The van der Waals surface area contributed by atoms with E-state index < -0.39 is 11.6 Å². The molecular weight excluding hydrogens is 170 g/mol. The lowest BCUT2D eigenvalue weighted by molar-refractivity contribution is 0.592. The third kappa shape index (κ3) is 1.28. The number of hydrogen-bond acceptors (Lipinski definition) is 0. The number of hydrogen-bond donors (Lipinski definition) is 0. The topological polar surface area (TPSA) is 0 Å². The highest BCUT2D eigenvalue weighted by atomic mass is 19.1. The molecule has 0 aliphatic rings. The second kappa shape index (κ2) is 2.80. The Labute approximate surface area is 74.8 Å². The Bertz CT molecular complexity index is 461. The van der Waals surface area contributed by atoms with Crippen LogP contribution in [0.3, 0.4) is 0 Å². The maximum absolute atomic E-state index is 13.2. The van der Waals surface area contributed by atoms with Gasteiger partial charge in [0.2, 0.25) is 0 Å². The van der Waals surface area contributed by atoms with Gasteiger partial charge in [-0.05, 0) is 23.9 Å². The number of aryl methyl sites for hydroxylation is 1. The van der Waals surface area contributed by atoms with Crippen LogP contribution in [0.1, 0.15) is 5.56 Å². The number of halogens is 2. The van der Waals surface area contributed by atoms with Crippen LogP contribution in [0.4, 0.5) is 8.78 Å². The van der Waals surface area contributed by atoms with Gasteiger partial charge >= 0.3 is 0 Å². The molecule has 0 nitrogen and oxygen atoms in total. The summed E-state index contributed by atoms with van der Waals surface area (Å²) in [4.78, 5) is 0. The molecule has 0 bridgehead atoms. The SMILES string of the molecule is Cc1cccc2c(F)cc(F)cc12. The summed E-state index contributed by atoms with van der Waals surface area (Å²) in [6.07, 6.45) is 0. The van der Waals surface area contributed by atoms with Crippen LogP contribution in [0.15, 0.2) is 30.3 Å². The molecule has 2 aromatic rings. The van der Waals surface area contributed by atoms with Crippen LogP contribution >= 0.6 is 0 Å². The minimum atomic E-state index is -0.528. The molecule has 0 fully saturated rings. The summed E-state index contributed by atoms with van der Waals surface area (Å²) in [5, 5.41) is 1.11. The highest BCUT2D eigenvalue weighted by Gasteiger charge is 2.04. The molecule has 2 heteroatoms. The summed E-state index contributed by atoms with van der Waals surface area (Å²) in [6, 6.07) is 7.51. The molecule has 0 amide bonds. The lowest BCUT2D eigenvalue weighted by Gasteiger charge is -2.02. The van der Waals surface area contributed by atoms with Crippen molar-refractivity contribution in [3.05, 3.63) is 47.5 Å². The average molecular weight is 178 g/mol. The van der Waals surface area contributed by atoms with Gasteiger partial charge in [-0.3, -0.25) is 0 Å². The van der Waals surface area contributed by atoms with Crippen molar-refractivity contribution in [2.75, 3.05) is 0 Å². The van der Waals surface area contributed by atoms with Crippen molar-refractivity contribution in [3.63, 3.8) is 0 Å². The smallest absolute Gasteiger partial charge is 0.133 e. The van der Waals surface area contributed by atoms with E-state index in [0.29, 0.717) is 10.8 Å². The van der Waals surface area contributed by atoms with Crippen molar-refractivity contribution in [1.82, 2.24) is 0 Å². The molecule has 0 N–H and O–H groups in total. The summed E-state index contributed by atoms with van der Waals surface area (Å²) < 4.78 is 26.0. The standard InChI is InChI=1S/C11H8F2/c1-7-3-2-4-9-10(7)5-8(12)6-11(9)13/h2-6H,1H3. The maximum Gasteiger partial charge on any atom is 0.133 e. The van der Waals surface area contributed by atoms with E-state index in [-0.39, 0.29) is 0 Å². The Balaban J connectivity index is 2.94. The molecule has 0 radical (unpaired) electrons. The lowest BCUT2D eigenvalue weighted by atomic mass is 10.1. The van der Waals surface area contributed by atoms with E-state index in [2.05, 4.69) is 0 Å². The fourth-order valence-electron chi connectivity index (χ4n) is 1.46. The second-order valence-corrected chi connectivity index (χ2v) is 3.06.